The molecule has 0 amide bonds. The van der Waals surface area contributed by atoms with Gasteiger partial charge in [-0.2, -0.15) is 5.26 Å². The van der Waals surface area contributed by atoms with Crippen molar-refractivity contribution in [2.24, 2.45) is 0 Å². The van der Waals surface area contributed by atoms with Crippen molar-refractivity contribution in [1.82, 2.24) is 4.57 Å². The fourth-order valence-electron chi connectivity index (χ4n) is 2.59. The van der Waals surface area contributed by atoms with E-state index in [0.717, 1.165) is 4.57 Å². The number of aromatic hydroxyl groups is 1. The molecule has 0 aliphatic heterocycles. The van der Waals surface area contributed by atoms with E-state index in [-0.39, 0.29) is 28.8 Å². The number of benzene rings is 1. The third kappa shape index (κ3) is 3.17. The molecule has 6 heteroatoms. The van der Waals surface area contributed by atoms with Crippen molar-refractivity contribution in [3.05, 3.63) is 69.5 Å². The lowest BCUT2D eigenvalue weighted by atomic mass is 9.96. The summed E-state index contributed by atoms with van der Waals surface area (Å²) >= 11 is 0. The van der Waals surface area contributed by atoms with Crippen LogP contribution in [0.25, 0.3) is 0 Å². The summed E-state index contributed by atoms with van der Waals surface area (Å²) in [5.41, 5.74) is -0.550. The van der Waals surface area contributed by atoms with Crippen LogP contribution in [0.2, 0.25) is 0 Å². The standard InChI is InChI=1S/C19H18N2O4/c1-4-10-21-18(23)14(11-20)12(3)16(19(21)24)17(22)13-8-6-7-9-15(13)25-5-2/h4,6-9,24H,1,5,10H2,2-3H3. The fraction of sp³-hybridized carbons (Fsp3) is 0.211. The minimum Gasteiger partial charge on any atom is -0.494 e. The van der Waals surface area contributed by atoms with Crippen molar-refractivity contribution in [2.45, 2.75) is 20.4 Å². The first-order chi connectivity index (χ1) is 12.0. The third-order valence-electron chi connectivity index (χ3n) is 3.77. The summed E-state index contributed by atoms with van der Waals surface area (Å²) in [7, 11) is 0. The maximum atomic E-state index is 13.0. The predicted octanol–water partition coefficient (Wildman–Crippen LogP) is 2.55. The highest BCUT2D eigenvalue weighted by Crippen LogP contribution is 2.28. The Balaban J connectivity index is 2.77. The highest BCUT2D eigenvalue weighted by Gasteiger charge is 2.26. The first kappa shape index (κ1) is 18.0. The van der Waals surface area contributed by atoms with E-state index in [9.17, 15) is 20.0 Å². The maximum absolute atomic E-state index is 13.0. The molecule has 1 heterocycles. The zero-order chi connectivity index (χ0) is 18.6. The van der Waals surface area contributed by atoms with Gasteiger partial charge in [-0.25, -0.2) is 0 Å². The van der Waals surface area contributed by atoms with E-state index in [0.29, 0.717) is 12.4 Å². The van der Waals surface area contributed by atoms with Crippen LogP contribution in [-0.4, -0.2) is 22.1 Å². The number of nitrogens with zero attached hydrogens (tertiary/aromatic N) is 2. The molecule has 25 heavy (non-hydrogen) atoms. The molecule has 6 nitrogen and oxygen atoms in total. The van der Waals surface area contributed by atoms with Crippen LogP contribution in [-0.2, 0) is 6.54 Å². The number of nitriles is 1. The number of ether oxygens (including phenoxy) is 1. The number of rotatable bonds is 6. The van der Waals surface area contributed by atoms with Gasteiger partial charge in [-0.15, -0.1) is 6.58 Å². The third-order valence-corrected chi connectivity index (χ3v) is 3.77. The molecule has 0 spiro atoms. The Morgan fingerprint density at radius 2 is 2.12 bits per heavy atom. The SMILES string of the molecule is C=CCn1c(O)c(C(=O)c2ccccc2OCC)c(C)c(C#N)c1=O. The minimum absolute atomic E-state index is 0.0208. The molecule has 1 aromatic carbocycles. The molecule has 1 N–H and O–H groups in total. The van der Waals surface area contributed by atoms with E-state index in [1.165, 1.54) is 13.0 Å². The summed E-state index contributed by atoms with van der Waals surface area (Å²) in [5, 5.41) is 19.8. The number of carbonyl (C=O) groups excluding carboxylic acids is 1. The van der Waals surface area contributed by atoms with Crippen molar-refractivity contribution in [2.75, 3.05) is 6.61 Å². The van der Waals surface area contributed by atoms with Crippen LogP contribution >= 0.6 is 0 Å². The molecule has 128 valence electrons. The molecule has 0 fully saturated rings. The van der Waals surface area contributed by atoms with Crippen molar-refractivity contribution in [3.8, 4) is 17.7 Å². The van der Waals surface area contributed by atoms with Crippen LogP contribution in [0.5, 0.6) is 11.6 Å². The van der Waals surface area contributed by atoms with Crippen LogP contribution < -0.4 is 10.3 Å². The lowest BCUT2D eigenvalue weighted by molar-refractivity contribution is 0.103. The highest BCUT2D eigenvalue weighted by atomic mass is 16.5. The Morgan fingerprint density at radius 3 is 2.72 bits per heavy atom. The van der Waals surface area contributed by atoms with Gasteiger partial charge in [0.15, 0.2) is 0 Å². The number of hydrogen-bond acceptors (Lipinski definition) is 5. The fourth-order valence-corrected chi connectivity index (χ4v) is 2.59. The summed E-state index contributed by atoms with van der Waals surface area (Å²) < 4.78 is 6.42. The van der Waals surface area contributed by atoms with Gasteiger partial charge in [0.1, 0.15) is 17.4 Å². The Bertz CT molecular complexity index is 936. The Morgan fingerprint density at radius 1 is 1.44 bits per heavy atom. The molecule has 0 aliphatic rings. The van der Waals surface area contributed by atoms with Gasteiger partial charge in [0.25, 0.3) is 5.56 Å². The molecule has 0 saturated heterocycles. The van der Waals surface area contributed by atoms with E-state index < -0.39 is 17.2 Å². The summed E-state index contributed by atoms with van der Waals surface area (Å²) in [5.74, 6) is -0.639. The maximum Gasteiger partial charge on any atom is 0.271 e. The lowest BCUT2D eigenvalue weighted by Crippen LogP contribution is -2.26. The average Bonchev–Trinajstić information content (AvgIpc) is 2.60. The van der Waals surface area contributed by atoms with E-state index in [2.05, 4.69) is 6.58 Å². The van der Waals surface area contributed by atoms with Crippen LogP contribution in [0.4, 0.5) is 0 Å². The van der Waals surface area contributed by atoms with Gasteiger partial charge >= 0.3 is 0 Å². The smallest absolute Gasteiger partial charge is 0.271 e. The van der Waals surface area contributed by atoms with E-state index in [1.54, 1.807) is 31.2 Å². The molecule has 2 aromatic rings. The summed E-state index contributed by atoms with van der Waals surface area (Å²) in [6.07, 6.45) is 1.40. The molecule has 0 saturated carbocycles. The number of carbonyl (C=O) groups is 1. The predicted molar refractivity (Wildman–Crippen MR) is 93.1 cm³/mol. The average molecular weight is 338 g/mol. The van der Waals surface area contributed by atoms with E-state index in [4.69, 9.17) is 4.74 Å². The van der Waals surface area contributed by atoms with Gasteiger partial charge in [-0.3, -0.25) is 14.2 Å². The molecule has 0 bridgehead atoms. The number of hydrogen-bond donors (Lipinski definition) is 1. The Hall–Kier alpha value is -3.33. The van der Waals surface area contributed by atoms with Crippen LogP contribution in [0.1, 0.15) is 34.0 Å². The van der Waals surface area contributed by atoms with Gasteiger partial charge < -0.3 is 9.84 Å². The van der Waals surface area contributed by atoms with E-state index in [1.807, 2.05) is 6.07 Å². The molecule has 2 rings (SSSR count). The molecule has 1 aromatic heterocycles. The van der Waals surface area contributed by atoms with Crippen LogP contribution in [0.15, 0.2) is 41.7 Å². The minimum atomic E-state index is -0.660. The highest BCUT2D eigenvalue weighted by molar-refractivity contribution is 6.13. The zero-order valence-corrected chi connectivity index (χ0v) is 14.1. The molecule has 0 atom stereocenters. The number of ketones is 1. The second kappa shape index (κ2) is 7.49. The van der Waals surface area contributed by atoms with Crippen LogP contribution in [0, 0.1) is 18.3 Å². The molecular weight excluding hydrogens is 320 g/mol. The van der Waals surface area contributed by atoms with E-state index >= 15 is 0 Å². The summed E-state index contributed by atoms with van der Waals surface area (Å²) in [4.78, 5) is 25.3. The van der Waals surface area contributed by atoms with Gasteiger partial charge in [-0.1, -0.05) is 18.2 Å². The van der Waals surface area contributed by atoms with Gasteiger partial charge in [-0.05, 0) is 31.5 Å². The molecule has 0 aliphatic carbocycles. The number of pyridine rings is 1. The zero-order valence-electron chi connectivity index (χ0n) is 14.1. The van der Waals surface area contributed by atoms with Crippen molar-refractivity contribution >= 4 is 5.78 Å². The Labute approximate surface area is 145 Å². The number of aromatic nitrogens is 1. The van der Waals surface area contributed by atoms with Gasteiger partial charge in [0, 0.05) is 6.54 Å². The van der Waals surface area contributed by atoms with Gasteiger partial charge in [0.05, 0.1) is 17.7 Å². The van der Waals surface area contributed by atoms with Crippen molar-refractivity contribution in [3.63, 3.8) is 0 Å². The molecular formula is C19H18N2O4. The molecule has 0 unspecified atom stereocenters. The Kier molecular flexibility index (Phi) is 5.40. The number of para-hydroxylation sites is 1. The largest absolute Gasteiger partial charge is 0.494 e. The van der Waals surface area contributed by atoms with Crippen molar-refractivity contribution < 1.29 is 14.6 Å². The summed E-state index contributed by atoms with van der Waals surface area (Å²) in [6, 6.07) is 8.44. The first-order valence-electron chi connectivity index (χ1n) is 7.71. The van der Waals surface area contributed by atoms with Gasteiger partial charge in [0.2, 0.25) is 11.7 Å². The quantitative estimate of drug-likeness (QED) is 0.645. The topological polar surface area (TPSA) is 92.3 Å². The summed E-state index contributed by atoms with van der Waals surface area (Å²) in [6.45, 7) is 7.14. The van der Waals surface area contributed by atoms with Crippen molar-refractivity contribution in [1.29, 1.82) is 5.26 Å². The normalized spacial score (nSPS) is 10.1. The van der Waals surface area contributed by atoms with Crippen LogP contribution in [0.3, 0.4) is 0 Å². The second-order valence-electron chi connectivity index (χ2n) is 5.27. The monoisotopic (exact) mass is 338 g/mol. The second-order valence-corrected chi connectivity index (χ2v) is 5.27. The molecule has 0 radical (unpaired) electrons. The number of allylic oxidation sites excluding steroid dienone is 1. The lowest BCUT2D eigenvalue weighted by Gasteiger charge is -2.15. The first-order valence-corrected chi connectivity index (χ1v) is 7.71.